The lowest BCUT2D eigenvalue weighted by Crippen LogP contribution is -2.05. The van der Waals surface area contributed by atoms with Crippen LogP contribution in [0.5, 0.6) is 0 Å². The number of aromatic amines is 1. The van der Waals surface area contributed by atoms with Gasteiger partial charge in [-0.05, 0) is 18.2 Å². The second-order valence-corrected chi connectivity index (χ2v) is 3.14. The fourth-order valence-corrected chi connectivity index (χ4v) is 1.35. The van der Waals surface area contributed by atoms with Crippen LogP contribution in [0.3, 0.4) is 0 Å². The van der Waals surface area contributed by atoms with Crippen molar-refractivity contribution in [3.05, 3.63) is 53.6 Å². The average Bonchev–Trinajstić information content (AvgIpc) is 2.74. The average molecular weight is 204 g/mol. The van der Waals surface area contributed by atoms with Gasteiger partial charge in [-0.25, -0.2) is 4.39 Å². The predicted octanol–water partition coefficient (Wildman–Crippen LogP) is 1.97. The molecule has 3 nitrogen and oxygen atoms in total. The van der Waals surface area contributed by atoms with Gasteiger partial charge in [-0.2, -0.15) is 0 Å². The number of hydrogen-bond donors (Lipinski definition) is 2. The zero-order chi connectivity index (χ0) is 10.8. The van der Waals surface area contributed by atoms with E-state index in [-0.39, 0.29) is 17.0 Å². The number of H-pyrrole nitrogens is 1. The molecule has 1 heterocycles. The monoisotopic (exact) mass is 204 g/mol. The van der Waals surface area contributed by atoms with Crippen LogP contribution in [0.4, 0.5) is 10.1 Å². The third-order valence-corrected chi connectivity index (χ3v) is 2.13. The number of anilines is 1. The van der Waals surface area contributed by atoms with E-state index < -0.39 is 5.82 Å². The first-order chi connectivity index (χ1) is 7.20. The Morgan fingerprint density at radius 1 is 1.33 bits per heavy atom. The molecular formula is C11H9FN2O. The van der Waals surface area contributed by atoms with Crippen LogP contribution in [0.1, 0.15) is 15.9 Å². The number of benzene rings is 1. The Kier molecular flexibility index (Phi) is 2.25. The fraction of sp³-hybridized carbons (Fsp3) is 0. The molecule has 0 aliphatic carbocycles. The second-order valence-electron chi connectivity index (χ2n) is 3.14. The van der Waals surface area contributed by atoms with Gasteiger partial charge in [0.05, 0.1) is 11.3 Å². The number of carbonyl (C=O) groups excluding carboxylic acids is 1. The molecule has 0 atom stereocenters. The van der Waals surface area contributed by atoms with Crippen molar-refractivity contribution >= 4 is 11.5 Å². The van der Waals surface area contributed by atoms with Gasteiger partial charge in [0.25, 0.3) is 0 Å². The number of nitrogens with two attached hydrogens (primary N) is 1. The molecule has 1 aromatic carbocycles. The molecule has 3 N–H and O–H groups in total. The molecule has 1 aromatic heterocycles. The lowest BCUT2D eigenvalue weighted by atomic mass is 10.0. The first-order valence-corrected chi connectivity index (χ1v) is 4.41. The van der Waals surface area contributed by atoms with Gasteiger partial charge in [-0.15, -0.1) is 0 Å². The van der Waals surface area contributed by atoms with Gasteiger partial charge in [0.2, 0.25) is 0 Å². The molecule has 2 aromatic rings. The first-order valence-electron chi connectivity index (χ1n) is 4.41. The van der Waals surface area contributed by atoms with E-state index in [4.69, 9.17) is 5.73 Å². The zero-order valence-corrected chi connectivity index (χ0v) is 7.83. The van der Waals surface area contributed by atoms with Crippen LogP contribution >= 0.6 is 0 Å². The Hall–Kier alpha value is -2.10. The lowest BCUT2D eigenvalue weighted by molar-refractivity contribution is 0.103. The molecule has 0 spiro atoms. The minimum Gasteiger partial charge on any atom is -0.396 e. The molecule has 0 bridgehead atoms. The van der Waals surface area contributed by atoms with Crippen LogP contribution in [-0.2, 0) is 0 Å². The van der Waals surface area contributed by atoms with Gasteiger partial charge in [0.1, 0.15) is 0 Å². The standard InChI is InChI=1S/C11H9FN2O/c12-10-8(2-1-3-9(10)13)11(15)7-4-5-14-6-7/h1-6,14H,13H2. The van der Waals surface area contributed by atoms with E-state index >= 15 is 0 Å². The highest BCUT2D eigenvalue weighted by Crippen LogP contribution is 2.17. The minimum absolute atomic E-state index is 0.00500. The van der Waals surface area contributed by atoms with Crippen molar-refractivity contribution in [3.63, 3.8) is 0 Å². The fourth-order valence-electron chi connectivity index (χ4n) is 1.35. The van der Waals surface area contributed by atoms with Crippen LogP contribution in [0, 0.1) is 5.82 Å². The van der Waals surface area contributed by atoms with Gasteiger partial charge in [0, 0.05) is 18.0 Å². The van der Waals surface area contributed by atoms with E-state index in [9.17, 15) is 9.18 Å². The van der Waals surface area contributed by atoms with Crippen LogP contribution < -0.4 is 5.73 Å². The molecule has 76 valence electrons. The Morgan fingerprint density at radius 3 is 2.80 bits per heavy atom. The molecule has 0 radical (unpaired) electrons. The quantitative estimate of drug-likeness (QED) is 0.580. The van der Waals surface area contributed by atoms with Gasteiger partial charge >= 0.3 is 0 Å². The smallest absolute Gasteiger partial charge is 0.197 e. The SMILES string of the molecule is Nc1cccc(C(=O)c2cc[nH]c2)c1F. The van der Waals surface area contributed by atoms with Crippen molar-refractivity contribution in [2.75, 3.05) is 5.73 Å². The zero-order valence-electron chi connectivity index (χ0n) is 7.83. The first kappa shape index (κ1) is 9.45. The number of carbonyl (C=O) groups is 1. The van der Waals surface area contributed by atoms with Gasteiger partial charge in [-0.3, -0.25) is 4.79 Å². The molecule has 2 rings (SSSR count). The van der Waals surface area contributed by atoms with E-state index in [1.807, 2.05) is 0 Å². The third kappa shape index (κ3) is 1.61. The number of aromatic nitrogens is 1. The number of rotatable bonds is 2. The number of nitrogen functional groups attached to an aromatic ring is 1. The molecule has 0 amide bonds. The number of hydrogen-bond acceptors (Lipinski definition) is 2. The van der Waals surface area contributed by atoms with Crippen molar-refractivity contribution in [1.82, 2.24) is 4.98 Å². The van der Waals surface area contributed by atoms with Crippen LogP contribution in [-0.4, -0.2) is 10.8 Å². The summed E-state index contributed by atoms with van der Waals surface area (Å²) in [5.74, 6) is -1.04. The van der Waals surface area contributed by atoms with Crippen molar-refractivity contribution in [1.29, 1.82) is 0 Å². The summed E-state index contributed by atoms with van der Waals surface area (Å²) < 4.78 is 13.5. The molecule has 0 aliphatic rings. The highest BCUT2D eigenvalue weighted by atomic mass is 19.1. The number of halogens is 1. The molecule has 4 heteroatoms. The predicted molar refractivity (Wildman–Crippen MR) is 55.0 cm³/mol. The van der Waals surface area contributed by atoms with Gasteiger partial charge in [-0.1, -0.05) is 6.07 Å². The maximum atomic E-state index is 13.5. The Labute approximate surface area is 85.7 Å². The van der Waals surface area contributed by atoms with Crippen molar-refractivity contribution in [2.45, 2.75) is 0 Å². The van der Waals surface area contributed by atoms with E-state index in [1.165, 1.54) is 18.3 Å². The third-order valence-electron chi connectivity index (χ3n) is 2.13. The normalized spacial score (nSPS) is 10.2. The summed E-state index contributed by atoms with van der Waals surface area (Å²) in [5, 5.41) is 0. The van der Waals surface area contributed by atoms with Crippen LogP contribution in [0.15, 0.2) is 36.7 Å². The van der Waals surface area contributed by atoms with Crippen molar-refractivity contribution in [2.24, 2.45) is 0 Å². The Balaban J connectivity index is 2.47. The number of ketones is 1. The highest BCUT2D eigenvalue weighted by molar-refractivity contribution is 6.09. The molecule has 15 heavy (non-hydrogen) atoms. The largest absolute Gasteiger partial charge is 0.396 e. The van der Waals surface area contributed by atoms with Gasteiger partial charge in [0.15, 0.2) is 11.6 Å². The summed E-state index contributed by atoms with van der Waals surface area (Å²) in [6, 6.07) is 5.98. The van der Waals surface area contributed by atoms with Crippen LogP contribution in [0.2, 0.25) is 0 Å². The molecule has 0 saturated heterocycles. The highest BCUT2D eigenvalue weighted by Gasteiger charge is 2.15. The van der Waals surface area contributed by atoms with E-state index in [2.05, 4.69) is 4.98 Å². The molecule has 0 fully saturated rings. The summed E-state index contributed by atoms with van der Waals surface area (Å²) >= 11 is 0. The topological polar surface area (TPSA) is 58.9 Å². The maximum absolute atomic E-state index is 13.5. The molecule has 0 unspecified atom stereocenters. The molecule has 0 aliphatic heterocycles. The minimum atomic E-state index is -0.663. The summed E-state index contributed by atoms with van der Waals surface area (Å²) in [6.45, 7) is 0. The van der Waals surface area contributed by atoms with E-state index in [0.717, 1.165) is 0 Å². The summed E-state index contributed by atoms with van der Waals surface area (Å²) in [5.41, 5.74) is 5.77. The van der Waals surface area contributed by atoms with Crippen LogP contribution in [0.25, 0.3) is 0 Å². The summed E-state index contributed by atoms with van der Waals surface area (Å²) in [6.07, 6.45) is 3.13. The molecular weight excluding hydrogens is 195 g/mol. The Bertz CT molecular complexity index is 491. The van der Waals surface area contributed by atoms with Gasteiger partial charge < -0.3 is 10.7 Å². The number of nitrogens with one attached hydrogen (secondary N) is 1. The molecule has 0 saturated carbocycles. The van der Waals surface area contributed by atoms with Crippen molar-refractivity contribution < 1.29 is 9.18 Å². The summed E-state index contributed by atoms with van der Waals surface area (Å²) in [4.78, 5) is 14.5. The van der Waals surface area contributed by atoms with E-state index in [0.29, 0.717) is 5.56 Å². The van der Waals surface area contributed by atoms with Crippen molar-refractivity contribution in [3.8, 4) is 0 Å². The second kappa shape index (κ2) is 3.57. The summed E-state index contributed by atoms with van der Waals surface area (Å²) in [7, 11) is 0. The lowest BCUT2D eigenvalue weighted by Gasteiger charge is -2.02. The Morgan fingerprint density at radius 2 is 2.13 bits per heavy atom. The van der Waals surface area contributed by atoms with E-state index in [1.54, 1.807) is 18.3 Å². The maximum Gasteiger partial charge on any atom is 0.197 e.